The number of hydrogen-bond acceptors (Lipinski definition) is 5. The second-order valence-corrected chi connectivity index (χ2v) is 4.73. The zero-order valence-corrected chi connectivity index (χ0v) is 11.2. The smallest absolute Gasteiger partial charge is 0.267 e. The average molecular weight is 274 g/mol. The molecule has 0 aliphatic heterocycles. The van der Waals surface area contributed by atoms with Crippen LogP contribution in [0.15, 0.2) is 41.3 Å². The number of primary amides is 1. The number of benzene rings is 1. The normalized spacial score (nSPS) is 10.2. The summed E-state index contributed by atoms with van der Waals surface area (Å²) >= 11 is 1.66. The maximum absolute atomic E-state index is 11.1. The van der Waals surface area contributed by atoms with Gasteiger partial charge < -0.3 is 16.8 Å². The monoisotopic (exact) mass is 274 g/mol. The Labute approximate surface area is 115 Å². The highest BCUT2D eigenvalue weighted by atomic mass is 32.2. The van der Waals surface area contributed by atoms with Gasteiger partial charge in [-0.2, -0.15) is 0 Å². The Morgan fingerprint density at radius 3 is 2.47 bits per heavy atom. The fraction of sp³-hybridized carbons (Fsp3) is 0.0769. The molecule has 5 N–H and O–H groups in total. The molecule has 0 unspecified atom stereocenters. The number of aromatic nitrogens is 1. The average Bonchev–Trinajstić information content (AvgIpc) is 2.42. The molecule has 0 spiro atoms. The molecule has 2 rings (SSSR count). The van der Waals surface area contributed by atoms with Gasteiger partial charge in [-0.3, -0.25) is 4.79 Å². The van der Waals surface area contributed by atoms with Crippen LogP contribution >= 0.6 is 11.8 Å². The Bertz CT molecular complexity index is 598. The van der Waals surface area contributed by atoms with Gasteiger partial charge in [0, 0.05) is 10.6 Å². The van der Waals surface area contributed by atoms with E-state index in [1.807, 2.05) is 30.5 Å². The first-order chi connectivity index (χ1) is 9.10. The number of carbonyl (C=O) groups is 1. The topological polar surface area (TPSA) is 94.0 Å². The van der Waals surface area contributed by atoms with E-state index in [0.717, 1.165) is 10.6 Å². The van der Waals surface area contributed by atoms with Crippen molar-refractivity contribution in [3.8, 4) is 0 Å². The predicted molar refractivity (Wildman–Crippen MR) is 78.7 cm³/mol. The lowest BCUT2D eigenvalue weighted by Crippen LogP contribution is -2.14. The molecule has 98 valence electrons. The Morgan fingerprint density at radius 1 is 1.21 bits per heavy atom. The molecule has 0 saturated heterocycles. The molecule has 0 atom stereocenters. The molecule has 1 amide bonds. The lowest BCUT2D eigenvalue weighted by Gasteiger charge is -2.09. The SMILES string of the molecule is CSc1ccc(Nc2nc(C(N)=O)ccc2N)cc1. The van der Waals surface area contributed by atoms with Gasteiger partial charge in [-0.15, -0.1) is 11.8 Å². The van der Waals surface area contributed by atoms with Gasteiger partial charge in [0.1, 0.15) is 5.69 Å². The van der Waals surface area contributed by atoms with Gasteiger partial charge in [0.2, 0.25) is 0 Å². The maximum Gasteiger partial charge on any atom is 0.267 e. The first-order valence-corrected chi connectivity index (χ1v) is 6.80. The van der Waals surface area contributed by atoms with Crippen LogP contribution in [-0.2, 0) is 0 Å². The minimum absolute atomic E-state index is 0.178. The van der Waals surface area contributed by atoms with Crippen molar-refractivity contribution in [2.75, 3.05) is 17.3 Å². The van der Waals surface area contributed by atoms with Crippen molar-refractivity contribution in [3.05, 3.63) is 42.1 Å². The maximum atomic E-state index is 11.1. The van der Waals surface area contributed by atoms with E-state index in [0.29, 0.717) is 11.5 Å². The number of nitrogen functional groups attached to an aromatic ring is 1. The molecule has 19 heavy (non-hydrogen) atoms. The third kappa shape index (κ3) is 3.17. The highest BCUT2D eigenvalue weighted by Crippen LogP contribution is 2.23. The van der Waals surface area contributed by atoms with Crippen molar-refractivity contribution < 1.29 is 4.79 Å². The van der Waals surface area contributed by atoms with Crippen molar-refractivity contribution in [3.63, 3.8) is 0 Å². The van der Waals surface area contributed by atoms with Crippen LogP contribution in [0, 0.1) is 0 Å². The number of thioether (sulfide) groups is 1. The van der Waals surface area contributed by atoms with Gasteiger partial charge in [-0.1, -0.05) is 0 Å². The number of carbonyl (C=O) groups excluding carboxylic acids is 1. The molecule has 1 heterocycles. The fourth-order valence-corrected chi connectivity index (χ4v) is 1.93. The number of amides is 1. The number of nitrogens with one attached hydrogen (secondary N) is 1. The van der Waals surface area contributed by atoms with E-state index in [1.165, 1.54) is 6.07 Å². The molecule has 2 aromatic rings. The number of rotatable bonds is 4. The van der Waals surface area contributed by atoms with E-state index in [-0.39, 0.29) is 5.69 Å². The zero-order chi connectivity index (χ0) is 13.8. The summed E-state index contributed by atoms with van der Waals surface area (Å²) in [5.74, 6) is -0.158. The Kier molecular flexibility index (Phi) is 3.91. The summed E-state index contributed by atoms with van der Waals surface area (Å²) in [6.45, 7) is 0. The Balaban J connectivity index is 2.26. The summed E-state index contributed by atoms with van der Waals surface area (Å²) in [6, 6.07) is 10.9. The van der Waals surface area contributed by atoms with E-state index >= 15 is 0 Å². The van der Waals surface area contributed by atoms with Crippen LogP contribution < -0.4 is 16.8 Å². The van der Waals surface area contributed by atoms with Crippen molar-refractivity contribution >= 4 is 34.9 Å². The molecule has 6 heteroatoms. The van der Waals surface area contributed by atoms with Crippen LogP contribution in [0.2, 0.25) is 0 Å². The number of nitrogens with zero attached hydrogens (tertiary/aromatic N) is 1. The van der Waals surface area contributed by atoms with Gasteiger partial charge in [0.15, 0.2) is 5.82 Å². The summed E-state index contributed by atoms with van der Waals surface area (Å²) in [4.78, 5) is 16.3. The molecule has 0 aliphatic carbocycles. The predicted octanol–water partition coefficient (Wildman–Crippen LogP) is 2.23. The molecular weight excluding hydrogens is 260 g/mol. The molecule has 0 aliphatic rings. The Morgan fingerprint density at radius 2 is 1.89 bits per heavy atom. The molecule has 0 bridgehead atoms. The summed E-state index contributed by atoms with van der Waals surface area (Å²) < 4.78 is 0. The van der Waals surface area contributed by atoms with E-state index in [2.05, 4.69) is 10.3 Å². The highest BCUT2D eigenvalue weighted by Gasteiger charge is 2.07. The molecule has 1 aromatic heterocycles. The second kappa shape index (κ2) is 5.62. The molecule has 0 radical (unpaired) electrons. The number of pyridine rings is 1. The second-order valence-electron chi connectivity index (χ2n) is 3.85. The lowest BCUT2D eigenvalue weighted by molar-refractivity contribution is 0.0996. The van der Waals surface area contributed by atoms with E-state index < -0.39 is 5.91 Å². The minimum Gasteiger partial charge on any atom is -0.396 e. The van der Waals surface area contributed by atoms with E-state index in [9.17, 15) is 4.79 Å². The van der Waals surface area contributed by atoms with Crippen LogP contribution in [-0.4, -0.2) is 17.1 Å². The van der Waals surface area contributed by atoms with Gasteiger partial charge in [-0.25, -0.2) is 4.98 Å². The fourth-order valence-electron chi connectivity index (χ4n) is 1.52. The van der Waals surface area contributed by atoms with Gasteiger partial charge in [0.05, 0.1) is 5.69 Å². The molecule has 5 nitrogen and oxygen atoms in total. The number of nitrogens with two attached hydrogens (primary N) is 2. The van der Waals surface area contributed by atoms with Gasteiger partial charge in [-0.05, 0) is 42.7 Å². The molecule has 1 aromatic carbocycles. The number of hydrogen-bond donors (Lipinski definition) is 3. The summed E-state index contributed by atoms with van der Waals surface area (Å²) in [5, 5.41) is 3.07. The Hall–Kier alpha value is -2.21. The summed E-state index contributed by atoms with van der Waals surface area (Å²) in [6.07, 6.45) is 2.01. The highest BCUT2D eigenvalue weighted by molar-refractivity contribution is 7.98. The van der Waals surface area contributed by atoms with Crippen LogP contribution in [0.4, 0.5) is 17.2 Å². The van der Waals surface area contributed by atoms with Crippen LogP contribution in [0.5, 0.6) is 0 Å². The van der Waals surface area contributed by atoms with Gasteiger partial charge >= 0.3 is 0 Å². The summed E-state index contributed by atoms with van der Waals surface area (Å²) in [7, 11) is 0. The van der Waals surface area contributed by atoms with Crippen LogP contribution in [0.1, 0.15) is 10.5 Å². The van der Waals surface area contributed by atoms with Crippen molar-refractivity contribution in [2.24, 2.45) is 5.73 Å². The van der Waals surface area contributed by atoms with E-state index in [4.69, 9.17) is 11.5 Å². The minimum atomic E-state index is -0.583. The summed E-state index contributed by atoms with van der Waals surface area (Å²) in [5.41, 5.74) is 12.5. The standard InChI is InChI=1S/C13H14N4OS/c1-19-9-4-2-8(3-5-9)16-13-10(14)6-7-11(17-13)12(15)18/h2-7H,14H2,1H3,(H2,15,18)(H,16,17). The van der Waals surface area contributed by atoms with Crippen LogP contribution in [0.3, 0.4) is 0 Å². The lowest BCUT2D eigenvalue weighted by atomic mass is 10.3. The third-order valence-corrected chi connectivity index (χ3v) is 3.28. The molecule has 0 fully saturated rings. The molecule has 0 saturated carbocycles. The van der Waals surface area contributed by atoms with Crippen LogP contribution in [0.25, 0.3) is 0 Å². The first-order valence-electron chi connectivity index (χ1n) is 5.57. The quantitative estimate of drug-likeness (QED) is 0.743. The van der Waals surface area contributed by atoms with E-state index in [1.54, 1.807) is 17.8 Å². The van der Waals surface area contributed by atoms with Gasteiger partial charge in [0.25, 0.3) is 5.91 Å². The molecular formula is C13H14N4OS. The van der Waals surface area contributed by atoms with Crippen molar-refractivity contribution in [2.45, 2.75) is 4.90 Å². The van der Waals surface area contributed by atoms with Crippen molar-refractivity contribution in [1.29, 1.82) is 0 Å². The third-order valence-electron chi connectivity index (χ3n) is 2.53. The zero-order valence-electron chi connectivity index (χ0n) is 10.4. The first kappa shape index (κ1) is 13.2. The van der Waals surface area contributed by atoms with Crippen molar-refractivity contribution in [1.82, 2.24) is 4.98 Å². The largest absolute Gasteiger partial charge is 0.396 e. The number of anilines is 3.